The van der Waals surface area contributed by atoms with E-state index in [0.717, 1.165) is 0 Å². The summed E-state index contributed by atoms with van der Waals surface area (Å²) in [5.74, 6) is 0. The van der Waals surface area contributed by atoms with Crippen molar-refractivity contribution in [1.82, 2.24) is 0 Å². The van der Waals surface area contributed by atoms with Crippen LogP contribution in [0.3, 0.4) is 0 Å². The van der Waals surface area contributed by atoms with E-state index in [1.807, 2.05) is 31.4 Å². The molecule has 0 bridgehead atoms. The molecule has 2 heteroatoms. The van der Waals surface area contributed by atoms with E-state index in [1.54, 1.807) is 23.5 Å². The summed E-state index contributed by atoms with van der Waals surface area (Å²) in [7, 11) is 0. The second-order valence-corrected chi connectivity index (χ2v) is 2.10. The smallest absolute Gasteiger partial charge is 0.0638 e. The Kier molecular flexibility index (Phi) is 7.08. The highest BCUT2D eigenvalue weighted by Crippen LogP contribution is 1.95. The standard InChI is InChI=1S/C7H11NS/c1-3-5-8-7-9-6-4-2/h3-7H,1-2H3/b5-3-,6-4+,8-7-. The Morgan fingerprint density at radius 1 is 1.22 bits per heavy atom. The molecule has 0 heterocycles. The van der Waals surface area contributed by atoms with Gasteiger partial charge in [-0.3, -0.25) is 4.99 Å². The maximum Gasteiger partial charge on any atom is 0.0638 e. The third-order valence-corrected chi connectivity index (χ3v) is 1.24. The van der Waals surface area contributed by atoms with E-state index >= 15 is 0 Å². The zero-order valence-electron chi connectivity index (χ0n) is 5.74. The van der Waals surface area contributed by atoms with Crippen molar-refractivity contribution in [2.45, 2.75) is 13.8 Å². The molecule has 0 saturated carbocycles. The van der Waals surface area contributed by atoms with Gasteiger partial charge in [0.1, 0.15) is 0 Å². The molecule has 0 amide bonds. The fourth-order valence-electron chi connectivity index (χ4n) is 0.270. The van der Waals surface area contributed by atoms with E-state index in [2.05, 4.69) is 4.99 Å². The third-order valence-electron chi connectivity index (χ3n) is 0.572. The Bertz CT molecular complexity index is 125. The van der Waals surface area contributed by atoms with Crippen LogP contribution in [0.5, 0.6) is 0 Å². The van der Waals surface area contributed by atoms with Gasteiger partial charge in [0.25, 0.3) is 0 Å². The van der Waals surface area contributed by atoms with Crippen LogP contribution in [0, 0.1) is 0 Å². The summed E-state index contributed by atoms with van der Waals surface area (Å²) < 4.78 is 0. The minimum Gasteiger partial charge on any atom is -0.258 e. The Hall–Kier alpha value is -0.500. The minimum atomic E-state index is 1.57. The number of allylic oxidation sites excluding steroid dienone is 2. The molecule has 0 fully saturated rings. The molecule has 1 nitrogen and oxygen atoms in total. The highest BCUT2D eigenvalue weighted by molar-refractivity contribution is 8.14. The molecule has 0 spiro atoms. The third kappa shape index (κ3) is 7.50. The van der Waals surface area contributed by atoms with Crippen LogP contribution in [0.25, 0.3) is 0 Å². The molecule has 50 valence electrons. The van der Waals surface area contributed by atoms with Crippen molar-refractivity contribution in [2.24, 2.45) is 4.99 Å². The first-order chi connectivity index (χ1) is 4.41. The van der Waals surface area contributed by atoms with E-state index in [1.165, 1.54) is 0 Å². The number of nitrogens with zero attached hydrogens (tertiary/aromatic N) is 1. The van der Waals surface area contributed by atoms with Crippen molar-refractivity contribution in [3.8, 4) is 0 Å². The van der Waals surface area contributed by atoms with Crippen molar-refractivity contribution in [2.75, 3.05) is 0 Å². The summed E-state index contributed by atoms with van der Waals surface area (Å²) in [6.07, 6.45) is 5.63. The summed E-state index contributed by atoms with van der Waals surface area (Å²) in [4.78, 5) is 3.93. The van der Waals surface area contributed by atoms with Crippen LogP contribution in [0.15, 0.2) is 28.8 Å². The minimum absolute atomic E-state index is 1.57. The van der Waals surface area contributed by atoms with Gasteiger partial charge in [0, 0.05) is 6.20 Å². The fraction of sp³-hybridized carbons (Fsp3) is 0.286. The molecule has 0 aromatic carbocycles. The van der Waals surface area contributed by atoms with Gasteiger partial charge in [-0.15, -0.1) is 0 Å². The Morgan fingerprint density at radius 2 is 2.00 bits per heavy atom. The molecule has 0 saturated heterocycles. The molecular weight excluding hydrogens is 130 g/mol. The molecule has 0 radical (unpaired) electrons. The van der Waals surface area contributed by atoms with Crippen molar-refractivity contribution in [1.29, 1.82) is 0 Å². The average Bonchev–Trinajstić information content (AvgIpc) is 1.89. The van der Waals surface area contributed by atoms with Crippen LogP contribution >= 0.6 is 11.8 Å². The van der Waals surface area contributed by atoms with Gasteiger partial charge in [0.05, 0.1) is 5.55 Å². The van der Waals surface area contributed by atoms with Crippen LogP contribution in [0.2, 0.25) is 0 Å². The van der Waals surface area contributed by atoms with E-state index < -0.39 is 0 Å². The second kappa shape index (κ2) is 7.50. The largest absolute Gasteiger partial charge is 0.258 e. The molecule has 0 atom stereocenters. The zero-order chi connectivity index (χ0) is 6.95. The first-order valence-electron chi connectivity index (χ1n) is 2.81. The normalized spacial score (nSPS) is 12.7. The lowest BCUT2D eigenvalue weighted by molar-refractivity contribution is 1.56. The first kappa shape index (κ1) is 8.50. The van der Waals surface area contributed by atoms with E-state index in [-0.39, 0.29) is 0 Å². The lowest BCUT2D eigenvalue weighted by atomic mass is 10.7. The van der Waals surface area contributed by atoms with Crippen LogP contribution in [0.1, 0.15) is 13.8 Å². The van der Waals surface area contributed by atoms with Gasteiger partial charge in [-0.1, -0.05) is 23.9 Å². The van der Waals surface area contributed by atoms with Gasteiger partial charge < -0.3 is 0 Å². The Labute approximate surface area is 60.6 Å². The van der Waals surface area contributed by atoms with Crippen molar-refractivity contribution in [3.05, 3.63) is 23.8 Å². The average molecular weight is 141 g/mol. The van der Waals surface area contributed by atoms with E-state index in [4.69, 9.17) is 0 Å². The predicted octanol–water partition coefficient (Wildman–Crippen LogP) is 2.82. The van der Waals surface area contributed by atoms with Crippen molar-refractivity contribution >= 4 is 17.3 Å². The van der Waals surface area contributed by atoms with Gasteiger partial charge in [-0.25, -0.2) is 0 Å². The molecule has 9 heavy (non-hydrogen) atoms. The first-order valence-corrected chi connectivity index (χ1v) is 3.75. The lowest BCUT2D eigenvalue weighted by Gasteiger charge is -1.75. The maximum absolute atomic E-state index is 3.93. The van der Waals surface area contributed by atoms with Crippen LogP contribution < -0.4 is 0 Å². The summed E-state index contributed by atoms with van der Waals surface area (Å²) in [6, 6.07) is 0. The molecular formula is C7H11NS. The highest BCUT2D eigenvalue weighted by atomic mass is 32.2. The van der Waals surface area contributed by atoms with Crippen LogP contribution in [0.4, 0.5) is 0 Å². The molecule has 0 rings (SSSR count). The van der Waals surface area contributed by atoms with Gasteiger partial charge in [-0.05, 0) is 19.3 Å². The summed E-state index contributed by atoms with van der Waals surface area (Å²) in [5.41, 5.74) is 1.79. The SMILES string of the molecule is C/C=C\N=C/S/C=C/C. The van der Waals surface area contributed by atoms with Crippen molar-refractivity contribution in [3.63, 3.8) is 0 Å². The number of aliphatic imine (C=N–C) groups is 1. The number of hydrogen-bond acceptors (Lipinski definition) is 2. The molecule has 0 aromatic heterocycles. The van der Waals surface area contributed by atoms with Gasteiger partial charge >= 0.3 is 0 Å². The highest BCUT2D eigenvalue weighted by Gasteiger charge is 1.65. The lowest BCUT2D eigenvalue weighted by Crippen LogP contribution is -1.54. The van der Waals surface area contributed by atoms with E-state index in [0.29, 0.717) is 0 Å². The topological polar surface area (TPSA) is 12.4 Å². The number of thioether (sulfide) groups is 1. The predicted molar refractivity (Wildman–Crippen MR) is 45.7 cm³/mol. The maximum atomic E-state index is 3.93. The molecule has 0 aliphatic heterocycles. The molecule has 0 N–H and O–H groups in total. The number of rotatable bonds is 3. The van der Waals surface area contributed by atoms with Gasteiger partial charge in [-0.2, -0.15) is 0 Å². The zero-order valence-corrected chi connectivity index (χ0v) is 6.56. The number of hydrogen-bond donors (Lipinski definition) is 0. The summed E-state index contributed by atoms with van der Waals surface area (Å²) in [5, 5.41) is 1.98. The monoisotopic (exact) mass is 141 g/mol. The van der Waals surface area contributed by atoms with E-state index in [9.17, 15) is 0 Å². The fourth-order valence-corrected chi connectivity index (χ4v) is 0.638. The van der Waals surface area contributed by atoms with Crippen molar-refractivity contribution < 1.29 is 0 Å². The van der Waals surface area contributed by atoms with Crippen LogP contribution in [-0.4, -0.2) is 5.55 Å². The van der Waals surface area contributed by atoms with Crippen LogP contribution in [-0.2, 0) is 0 Å². The van der Waals surface area contributed by atoms with Gasteiger partial charge in [0.2, 0.25) is 0 Å². The summed E-state index contributed by atoms with van der Waals surface area (Å²) >= 11 is 1.57. The van der Waals surface area contributed by atoms with Gasteiger partial charge in [0.15, 0.2) is 0 Å². The quantitative estimate of drug-likeness (QED) is 0.435. The summed E-state index contributed by atoms with van der Waals surface area (Å²) in [6.45, 7) is 3.92. The Balaban J connectivity index is 3.25. The molecule has 0 aliphatic rings. The Morgan fingerprint density at radius 3 is 2.56 bits per heavy atom. The molecule has 0 unspecified atom stereocenters. The molecule has 0 aromatic rings. The molecule has 0 aliphatic carbocycles. The second-order valence-electron chi connectivity index (χ2n) is 1.34.